The van der Waals surface area contributed by atoms with Gasteiger partial charge in [-0.2, -0.15) is 5.26 Å². The van der Waals surface area contributed by atoms with Gasteiger partial charge in [0, 0.05) is 43.8 Å². The number of ether oxygens (including phenoxy) is 1. The second-order valence-corrected chi connectivity index (χ2v) is 9.85. The Morgan fingerprint density at radius 3 is 2.68 bits per heavy atom. The van der Waals surface area contributed by atoms with Crippen molar-refractivity contribution < 1.29 is 14.6 Å². The molecule has 1 saturated heterocycles. The van der Waals surface area contributed by atoms with E-state index in [0.29, 0.717) is 29.0 Å². The normalized spacial score (nSPS) is 21.1. The number of nitrogens with zero attached hydrogens (tertiary/aromatic N) is 4. The van der Waals surface area contributed by atoms with Gasteiger partial charge in [0.15, 0.2) is 5.75 Å². The second-order valence-electron chi connectivity index (χ2n) is 9.85. The summed E-state index contributed by atoms with van der Waals surface area (Å²) >= 11 is 0. The highest BCUT2D eigenvalue weighted by molar-refractivity contribution is 5.97. The molecule has 0 spiro atoms. The van der Waals surface area contributed by atoms with Crippen molar-refractivity contribution in [1.29, 1.82) is 5.26 Å². The van der Waals surface area contributed by atoms with Crippen LogP contribution in [0.3, 0.4) is 0 Å². The molecule has 180 valence electrons. The summed E-state index contributed by atoms with van der Waals surface area (Å²) in [6, 6.07) is 6.18. The van der Waals surface area contributed by atoms with E-state index in [1.165, 1.54) is 19.0 Å². The van der Waals surface area contributed by atoms with Crippen LogP contribution in [-0.2, 0) is 0 Å². The molecule has 8 nitrogen and oxygen atoms in total. The maximum absolute atomic E-state index is 13.0. The first-order valence-corrected chi connectivity index (χ1v) is 12.3. The number of aromatic carboxylic acids is 1. The quantitative estimate of drug-likeness (QED) is 0.605. The number of fused-ring (bicyclic) bond motifs is 1. The van der Waals surface area contributed by atoms with Crippen molar-refractivity contribution in [3.63, 3.8) is 0 Å². The Kier molecular flexibility index (Phi) is 5.76. The molecule has 2 aliphatic carbocycles. The summed E-state index contributed by atoms with van der Waals surface area (Å²) in [4.78, 5) is 29.5. The Bertz CT molecular complexity index is 1220. The highest BCUT2D eigenvalue weighted by atomic mass is 16.5. The number of benzene rings is 1. The van der Waals surface area contributed by atoms with Crippen LogP contribution in [0.2, 0.25) is 0 Å². The molecule has 5 rings (SSSR count). The number of hydrogen-bond donors (Lipinski definition) is 1. The number of rotatable bonds is 9. The lowest BCUT2D eigenvalue weighted by Gasteiger charge is -2.35. The third-order valence-corrected chi connectivity index (χ3v) is 8.06. The molecule has 0 bridgehead atoms. The summed E-state index contributed by atoms with van der Waals surface area (Å²) < 4.78 is 7.85. The SMILES string of the molecule is CCN(CCC#N)C1(C2CCN(c3ccc4c(=O)c(C(=O)O)cn(C5CC5)c4c3OC)C2)CC1. The number of pyridine rings is 1. The van der Waals surface area contributed by atoms with Gasteiger partial charge in [0.2, 0.25) is 5.43 Å². The number of carbonyl (C=O) groups is 1. The molecular weight excluding hydrogens is 432 g/mol. The molecule has 2 saturated carbocycles. The molecule has 3 fully saturated rings. The zero-order valence-corrected chi connectivity index (χ0v) is 19.9. The Hall–Kier alpha value is -3.05. The molecule has 1 unspecified atom stereocenters. The van der Waals surface area contributed by atoms with Crippen LogP contribution in [0, 0.1) is 17.2 Å². The van der Waals surface area contributed by atoms with Gasteiger partial charge in [0.1, 0.15) is 5.56 Å². The van der Waals surface area contributed by atoms with E-state index in [-0.39, 0.29) is 17.1 Å². The Morgan fingerprint density at radius 2 is 2.09 bits per heavy atom. The van der Waals surface area contributed by atoms with Crippen molar-refractivity contribution >= 4 is 22.6 Å². The molecule has 8 heteroatoms. The van der Waals surface area contributed by atoms with E-state index in [4.69, 9.17) is 10.00 Å². The van der Waals surface area contributed by atoms with Gasteiger partial charge >= 0.3 is 5.97 Å². The third kappa shape index (κ3) is 3.63. The minimum absolute atomic E-state index is 0.191. The number of nitriles is 1. The van der Waals surface area contributed by atoms with Crippen molar-refractivity contribution in [2.45, 2.75) is 57.0 Å². The van der Waals surface area contributed by atoms with Crippen molar-refractivity contribution in [2.24, 2.45) is 5.92 Å². The van der Waals surface area contributed by atoms with E-state index in [0.717, 1.165) is 51.1 Å². The minimum Gasteiger partial charge on any atom is -0.492 e. The van der Waals surface area contributed by atoms with Crippen LogP contribution in [0.4, 0.5) is 5.69 Å². The van der Waals surface area contributed by atoms with Crippen molar-refractivity contribution in [3.8, 4) is 11.8 Å². The van der Waals surface area contributed by atoms with Crippen LogP contribution in [0.5, 0.6) is 5.75 Å². The van der Waals surface area contributed by atoms with Crippen LogP contribution in [0.1, 0.15) is 61.8 Å². The Morgan fingerprint density at radius 1 is 1.32 bits per heavy atom. The Labute approximate surface area is 199 Å². The van der Waals surface area contributed by atoms with Crippen molar-refractivity contribution in [2.75, 3.05) is 38.2 Å². The van der Waals surface area contributed by atoms with E-state index < -0.39 is 11.4 Å². The second kappa shape index (κ2) is 8.62. The number of aromatic nitrogens is 1. The highest BCUT2D eigenvalue weighted by Gasteiger charge is 2.54. The van der Waals surface area contributed by atoms with Crippen LogP contribution >= 0.6 is 0 Å². The van der Waals surface area contributed by atoms with E-state index in [1.54, 1.807) is 13.2 Å². The lowest BCUT2D eigenvalue weighted by molar-refractivity contribution is 0.0695. The fraction of sp³-hybridized carbons (Fsp3) is 0.577. The summed E-state index contributed by atoms with van der Waals surface area (Å²) in [6.45, 7) is 5.77. The standard InChI is InChI=1S/C26H32N4O4/c1-3-29(13-4-12-27)26(10-11-26)17-9-14-28(15-17)21-8-7-19-22(24(21)34-2)30(18-5-6-18)16-20(23(19)31)25(32)33/h7-8,16-18H,3-6,9-11,13-15H2,1-2H3,(H,32,33). The van der Waals surface area contributed by atoms with Gasteiger partial charge in [0.25, 0.3) is 0 Å². The van der Waals surface area contributed by atoms with Crippen LogP contribution in [-0.4, -0.2) is 59.4 Å². The minimum atomic E-state index is -1.20. The van der Waals surface area contributed by atoms with E-state index in [2.05, 4.69) is 22.8 Å². The number of hydrogen-bond acceptors (Lipinski definition) is 6. The van der Waals surface area contributed by atoms with Gasteiger partial charge in [0.05, 0.1) is 29.8 Å². The summed E-state index contributed by atoms with van der Waals surface area (Å²) in [5.41, 5.74) is 1.20. The molecule has 1 N–H and O–H groups in total. The Balaban J connectivity index is 1.51. The lowest BCUT2D eigenvalue weighted by atomic mass is 9.94. The summed E-state index contributed by atoms with van der Waals surface area (Å²) in [5, 5.41) is 19.0. The number of carboxylic acids is 1. The zero-order valence-electron chi connectivity index (χ0n) is 19.9. The fourth-order valence-corrected chi connectivity index (χ4v) is 6.06. The molecule has 1 atom stereocenters. The van der Waals surface area contributed by atoms with Gasteiger partial charge in [-0.15, -0.1) is 0 Å². The average Bonchev–Trinajstić information content (AvgIpc) is 3.77. The predicted octanol–water partition coefficient (Wildman–Crippen LogP) is 3.64. The monoisotopic (exact) mass is 464 g/mol. The van der Waals surface area contributed by atoms with E-state index >= 15 is 0 Å². The van der Waals surface area contributed by atoms with Crippen LogP contribution < -0.4 is 15.1 Å². The number of anilines is 1. The molecule has 0 amide bonds. The first-order valence-electron chi connectivity index (χ1n) is 12.3. The van der Waals surface area contributed by atoms with Gasteiger partial charge in [-0.05, 0) is 56.7 Å². The fourth-order valence-electron chi connectivity index (χ4n) is 6.06. The summed E-state index contributed by atoms with van der Waals surface area (Å²) in [7, 11) is 1.63. The zero-order chi connectivity index (χ0) is 24.0. The highest BCUT2D eigenvalue weighted by Crippen LogP contribution is 2.52. The molecule has 2 aromatic rings. The first kappa shape index (κ1) is 22.7. The van der Waals surface area contributed by atoms with Gasteiger partial charge < -0.3 is 19.3 Å². The van der Waals surface area contributed by atoms with Gasteiger partial charge in [-0.1, -0.05) is 6.92 Å². The van der Waals surface area contributed by atoms with Crippen LogP contribution in [0.15, 0.2) is 23.1 Å². The maximum atomic E-state index is 13.0. The topological polar surface area (TPSA) is 98.8 Å². The molecule has 3 aliphatic rings. The smallest absolute Gasteiger partial charge is 0.341 e. The summed E-state index contributed by atoms with van der Waals surface area (Å²) in [5.74, 6) is -0.0225. The lowest BCUT2D eigenvalue weighted by Crippen LogP contribution is -2.44. The number of methoxy groups -OCH3 is 1. The number of carboxylic acid groups (broad SMARTS) is 1. The average molecular weight is 465 g/mol. The van der Waals surface area contributed by atoms with Crippen LogP contribution in [0.25, 0.3) is 10.9 Å². The van der Waals surface area contributed by atoms with E-state index in [1.807, 2.05) is 10.6 Å². The third-order valence-electron chi connectivity index (χ3n) is 8.06. The molecule has 1 aromatic carbocycles. The van der Waals surface area contributed by atoms with Gasteiger partial charge in [-0.3, -0.25) is 9.69 Å². The predicted molar refractivity (Wildman–Crippen MR) is 130 cm³/mol. The first-order chi connectivity index (χ1) is 16.4. The molecule has 2 heterocycles. The maximum Gasteiger partial charge on any atom is 0.341 e. The van der Waals surface area contributed by atoms with Crippen molar-refractivity contribution in [3.05, 3.63) is 34.1 Å². The van der Waals surface area contributed by atoms with Crippen molar-refractivity contribution in [1.82, 2.24) is 9.47 Å². The van der Waals surface area contributed by atoms with E-state index in [9.17, 15) is 14.7 Å². The molecule has 0 radical (unpaired) electrons. The molecule has 1 aliphatic heterocycles. The van der Waals surface area contributed by atoms with Gasteiger partial charge in [-0.25, -0.2) is 4.79 Å². The largest absolute Gasteiger partial charge is 0.492 e. The molecular formula is C26H32N4O4. The summed E-state index contributed by atoms with van der Waals surface area (Å²) in [6.07, 6.45) is 7.43. The molecule has 1 aromatic heterocycles. The molecule has 34 heavy (non-hydrogen) atoms.